The van der Waals surface area contributed by atoms with Gasteiger partial charge >= 0.3 is 6.03 Å². The number of nitrogens with one attached hydrogen (secondary N) is 1. The molecule has 2 aliphatic rings. The van der Waals surface area contributed by atoms with Crippen molar-refractivity contribution in [1.82, 2.24) is 14.5 Å². The molecule has 37 heavy (non-hydrogen) atoms. The number of fused-ring (bicyclic) bond motifs is 2. The van der Waals surface area contributed by atoms with Crippen LogP contribution in [0.5, 0.6) is 5.75 Å². The molecule has 1 aromatic heterocycles. The molecule has 1 N–H and O–H groups in total. The Morgan fingerprint density at radius 1 is 0.865 bits per heavy atom. The number of rotatable bonds is 4. The average Bonchev–Trinajstić information content (AvgIpc) is 3.33. The van der Waals surface area contributed by atoms with Gasteiger partial charge in [0.25, 0.3) is 5.56 Å². The van der Waals surface area contributed by atoms with Crippen molar-refractivity contribution in [2.75, 3.05) is 26.6 Å². The number of urea groups is 1. The van der Waals surface area contributed by atoms with Gasteiger partial charge < -0.3 is 4.74 Å². The first-order valence-electron chi connectivity index (χ1n) is 11.8. The predicted molar refractivity (Wildman–Crippen MR) is 142 cm³/mol. The van der Waals surface area contributed by atoms with Gasteiger partial charge in [-0.15, -0.1) is 0 Å². The third-order valence-corrected chi connectivity index (χ3v) is 8.15. The van der Waals surface area contributed by atoms with E-state index in [9.17, 15) is 9.59 Å². The highest BCUT2D eigenvalue weighted by atomic mass is 32.1. The molecule has 2 amide bonds. The van der Waals surface area contributed by atoms with E-state index in [0.29, 0.717) is 9.33 Å². The number of benzene rings is 3. The first kappa shape index (κ1) is 23.1. The van der Waals surface area contributed by atoms with E-state index in [-0.39, 0.29) is 11.6 Å². The Kier molecular flexibility index (Phi) is 5.20. The summed E-state index contributed by atoms with van der Waals surface area (Å²) < 4.78 is 7.24. The van der Waals surface area contributed by atoms with Gasteiger partial charge in [-0.25, -0.2) is 9.79 Å². The van der Waals surface area contributed by atoms with Crippen molar-refractivity contribution in [2.24, 2.45) is 4.99 Å². The van der Waals surface area contributed by atoms with Crippen LogP contribution in [-0.2, 0) is 11.3 Å². The largest absolute Gasteiger partial charge is 0.497 e. The molecule has 3 aromatic carbocycles. The van der Waals surface area contributed by atoms with E-state index in [0.717, 1.165) is 22.4 Å². The molecule has 0 spiro atoms. The Bertz CT molecular complexity index is 1670. The van der Waals surface area contributed by atoms with Crippen molar-refractivity contribution >= 4 is 23.4 Å². The normalized spacial score (nSPS) is 22.8. The standard InChI is InChI=1S/C28H25N5O3S/c1-31-26(35)32(2)28(21-12-8-5-9-13-21)27(31,20-10-6-4-7-11-20)29-25-33(30-28)24(34)23(37-25)18-19-14-16-22(36-3)17-15-19/h4-18,30H,1-3H3/b23-18+/t27-,28-/m1/s1. The Balaban J connectivity index is 1.67. The van der Waals surface area contributed by atoms with Gasteiger partial charge in [-0.3, -0.25) is 20.0 Å². The summed E-state index contributed by atoms with van der Waals surface area (Å²) in [6, 6.07) is 26.7. The van der Waals surface area contributed by atoms with Gasteiger partial charge in [-0.2, -0.15) is 4.68 Å². The minimum atomic E-state index is -1.18. The van der Waals surface area contributed by atoms with Gasteiger partial charge in [0, 0.05) is 25.2 Å². The fourth-order valence-corrected chi connectivity index (χ4v) is 6.34. The maximum atomic E-state index is 13.7. The first-order valence-corrected chi connectivity index (χ1v) is 12.6. The molecule has 0 radical (unpaired) electrons. The molecular formula is C28H25N5O3S. The van der Waals surface area contributed by atoms with Gasteiger partial charge in [0.15, 0.2) is 0 Å². The van der Waals surface area contributed by atoms with Gasteiger partial charge in [-0.05, 0) is 23.8 Å². The van der Waals surface area contributed by atoms with Crippen molar-refractivity contribution in [3.8, 4) is 5.75 Å². The molecule has 1 fully saturated rings. The SMILES string of the molecule is COc1ccc(/C=c2/sc3n(c2=O)N[C@]2(c4ccccc4)N(C)C(=O)N(C)[C@@]2(c2ccccc2)N=3)cc1. The van der Waals surface area contributed by atoms with Crippen LogP contribution in [0, 0.1) is 0 Å². The Hall–Kier alpha value is -4.37. The summed E-state index contributed by atoms with van der Waals surface area (Å²) in [7, 11) is 5.12. The molecule has 1 saturated heterocycles. The third kappa shape index (κ3) is 3.10. The van der Waals surface area contributed by atoms with E-state index >= 15 is 0 Å². The lowest BCUT2D eigenvalue weighted by molar-refractivity contribution is 0.0648. The molecule has 0 bridgehead atoms. The number of aromatic nitrogens is 1. The Morgan fingerprint density at radius 2 is 1.49 bits per heavy atom. The number of thiazole rings is 1. The van der Waals surface area contributed by atoms with Crippen LogP contribution >= 0.6 is 11.3 Å². The van der Waals surface area contributed by atoms with E-state index in [1.165, 1.54) is 16.0 Å². The van der Waals surface area contributed by atoms with Crippen molar-refractivity contribution in [3.05, 3.63) is 121 Å². The quantitative estimate of drug-likeness (QED) is 0.457. The van der Waals surface area contributed by atoms with Crippen molar-refractivity contribution in [3.63, 3.8) is 0 Å². The second-order valence-electron chi connectivity index (χ2n) is 9.05. The summed E-state index contributed by atoms with van der Waals surface area (Å²) in [6.07, 6.45) is 1.84. The molecule has 0 aliphatic carbocycles. The Morgan fingerprint density at radius 3 is 2.11 bits per heavy atom. The second kappa shape index (κ2) is 8.35. The molecule has 186 valence electrons. The summed E-state index contributed by atoms with van der Waals surface area (Å²) in [5.41, 5.74) is 3.41. The lowest BCUT2D eigenvalue weighted by atomic mass is 9.80. The Labute approximate surface area is 217 Å². The lowest BCUT2D eigenvalue weighted by Crippen LogP contribution is -2.67. The van der Waals surface area contributed by atoms with E-state index in [4.69, 9.17) is 9.73 Å². The fourth-order valence-electron chi connectivity index (χ4n) is 5.37. The molecular weight excluding hydrogens is 486 g/mol. The lowest BCUT2D eigenvalue weighted by Gasteiger charge is -2.49. The van der Waals surface area contributed by atoms with Gasteiger partial charge in [0.2, 0.25) is 16.1 Å². The summed E-state index contributed by atoms with van der Waals surface area (Å²) in [6.45, 7) is 0. The van der Waals surface area contributed by atoms with E-state index < -0.39 is 11.3 Å². The minimum Gasteiger partial charge on any atom is -0.497 e. The van der Waals surface area contributed by atoms with E-state index in [1.807, 2.05) is 91.0 Å². The second-order valence-corrected chi connectivity index (χ2v) is 10.1. The average molecular weight is 512 g/mol. The van der Waals surface area contributed by atoms with E-state index in [1.54, 1.807) is 31.0 Å². The summed E-state index contributed by atoms with van der Waals surface area (Å²) in [5.74, 6) is 0.745. The zero-order valence-corrected chi connectivity index (χ0v) is 21.4. The molecule has 8 nitrogen and oxygen atoms in total. The van der Waals surface area contributed by atoms with Crippen molar-refractivity contribution in [2.45, 2.75) is 11.3 Å². The highest BCUT2D eigenvalue weighted by Gasteiger charge is 2.69. The van der Waals surface area contributed by atoms with Gasteiger partial charge in [-0.1, -0.05) is 84.1 Å². The van der Waals surface area contributed by atoms with Crippen LogP contribution in [0.25, 0.3) is 6.08 Å². The monoisotopic (exact) mass is 511 g/mol. The maximum Gasteiger partial charge on any atom is 0.324 e. The number of carbonyl (C=O) groups is 1. The number of amides is 2. The highest BCUT2D eigenvalue weighted by molar-refractivity contribution is 7.07. The number of nitrogens with zero attached hydrogens (tertiary/aromatic N) is 4. The van der Waals surface area contributed by atoms with Crippen molar-refractivity contribution in [1.29, 1.82) is 0 Å². The molecule has 0 saturated carbocycles. The number of carbonyl (C=O) groups excluding carboxylic acids is 1. The molecule has 9 heteroatoms. The zero-order valence-electron chi connectivity index (χ0n) is 20.6. The smallest absolute Gasteiger partial charge is 0.324 e. The first-order chi connectivity index (χ1) is 17.9. The highest BCUT2D eigenvalue weighted by Crippen LogP contribution is 2.53. The zero-order chi connectivity index (χ0) is 25.8. The maximum absolute atomic E-state index is 13.7. The van der Waals surface area contributed by atoms with Crippen LogP contribution in [0.3, 0.4) is 0 Å². The number of methoxy groups -OCH3 is 1. The molecule has 6 rings (SSSR count). The number of hydrogen-bond acceptors (Lipinski definition) is 6. The molecule has 2 aliphatic heterocycles. The minimum absolute atomic E-state index is 0.211. The molecule has 3 heterocycles. The van der Waals surface area contributed by atoms with E-state index in [2.05, 4.69) is 5.43 Å². The van der Waals surface area contributed by atoms with Crippen LogP contribution in [0.2, 0.25) is 0 Å². The van der Waals surface area contributed by atoms with Crippen molar-refractivity contribution < 1.29 is 9.53 Å². The molecule has 0 unspecified atom stereocenters. The van der Waals surface area contributed by atoms with Crippen LogP contribution < -0.4 is 25.1 Å². The van der Waals surface area contributed by atoms with Gasteiger partial charge in [0.1, 0.15) is 5.75 Å². The van der Waals surface area contributed by atoms with Crippen LogP contribution in [-0.4, -0.2) is 41.7 Å². The van der Waals surface area contributed by atoms with Crippen LogP contribution in [0.4, 0.5) is 4.79 Å². The predicted octanol–water partition coefficient (Wildman–Crippen LogP) is 2.63. The summed E-state index contributed by atoms with van der Waals surface area (Å²) >= 11 is 1.29. The third-order valence-electron chi connectivity index (χ3n) is 7.19. The topological polar surface area (TPSA) is 79.2 Å². The van der Waals surface area contributed by atoms with Crippen LogP contribution in [0.15, 0.2) is 94.7 Å². The van der Waals surface area contributed by atoms with Crippen LogP contribution in [0.1, 0.15) is 16.7 Å². The summed E-state index contributed by atoms with van der Waals surface area (Å²) in [5, 5.41) is 0. The number of hydrogen-bond donors (Lipinski definition) is 1. The molecule has 2 atom stereocenters. The van der Waals surface area contributed by atoms with Gasteiger partial charge in [0.05, 0.1) is 11.6 Å². The summed E-state index contributed by atoms with van der Waals surface area (Å²) in [4.78, 5) is 36.3. The fraction of sp³-hybridized carbons (Fsp3) is 0.179. The number of ether oxygens (including phenoxy) is 1. The molecule has 4 aromatic rings. The number of likely N-dealkylation sites (N-methyl/N-ethyl adjacent to an activating group) is 2.